The molecule has 4 aromatic rings. The molecule has 0 saturated carbocycles. The van der Waals surface area contributed by atoms with E-state index in [4.69, 9.17) is 4.42 Å². The van der Waals surface area contributed by atoms with Crippen molar-refractivity contribution >= 4 is 33.3 Å². The summed E-state index contributed by atoms with van der Waals surface area (Å²) in [5.41, 5.74) is 3.51. The van der Waals surface area contributed by atoms with E-state index in [0.717, 1.165) is 39.6 Å². The van der Waals surface area contributed by atoms with Gasteiger partial charge in [0.05, 0.1) is 0 Å². The van der Waals surface area contributed by atoms with E-state index in [1.165, 1.54) is 34.0 Å². The van der Waals surface area contributed by atoms with Gasteiger partial charge >= 0.3 is 0 Å². The van der Waals surface area contributed by atoms with Crippen LogP contribution in [0.15, 0.2) is 38.9 Å². The number of aromatic nitrogens is 4. The maximum atomic E-state index is 5.90. The van der Waals surface area contributed by atoms with Gasteiger partial charge in [0.25, 0.3) is 5.22 Å². The molecule has 3 aromatic heterocycles. The van der Waals surface area contributed by atoms with E-state index >= 15 is 0 Å². The molecule has 130 valence electrons. The smallest absolute Gasteiger partial charge is 0.283 e. The van der Waals surface area contributed by atoms with Crippen molar-refractivity contribution in [2.45, 2.75) is 43.4 Å². The summed E-state index contributed by atoms with van der Waals surface area (Å²) in [6.07, 6.45) is 3.47. The van der Waals surface area contributed by atoms with Crippen LogP contribution in [-0.2, 0) is 12.8 Å². The van der Waals surface area contributed by atoms with Crippen LogP contribution in [0, 0.1) is 13.8 Å². The van der Waals surface area contributed by atoms with Crippen molar-refractivity contribution in [1.29, 1.82) is 0 Å². The van der Waals surface area contributed by atoms with E-state index in [-0.39, 0.29) is 0 Å². The summed E-state index contributed by atoms with van der Waals surface area (Å²) in [7, 11) is 0. The van der Waals surface area contributed by atoms with Crippen LogP contribution in [0.3, 0.4) is 0 Å². The summed E-state index contributed by atoms with van der Waals surface area (Å²) in [4.78, 5) is 11.8. The first-order chi connectivity index (χ1) is 12.7. The third kappa shape index (κ3) is 2.71. The van der Waals surface area contributed by atoms with Crippen molar-refractivity contribution in [3.05, 3.63) is 46.1 Å². The molecule has 0 spiro atoms. The summed E-state index contributed by atoms with van der Waals surface area (Å²) in [6, 6.07) is 8.06. The first kappa shape index (κ1) is 16.0. The fraction of sp³-hybridized carbons (Fsp3) is 0.263. The Morgan fingerprint density at radius 2 is 2.04 bits per heavy atom. The predicted molar refractivity (Wildman–Crippen MR) is 103 cm³/mol. The van der Waals surface area contributed by atoms with Crippen LogP contribution in [0.2, 0.25) is 0 Å². The van der Waals surface area contributed by atoms with Crippen molar-refractivity contribution in [3.8, 4) is 11.5 Å². The predicted octanol–water partition coefficient (Wildman–Crippen LogP) is 5.00. The monoisotopic (exact) mass is 380 g/mol. The lowest BCUT2D eigenvalue weighted by Gasteiger charge is -2.02. The molecule has 0 unspecified atom stereocenters. The molecule has 1 aromatic carbocycles. The van der Waals surface area contributed by atoms with Gasteiger partial charge in [-0.15, -0.1) is 21.5 Å². The molecule has 0 fully saturated rings. The Morgan fingerprint density at radius 3 is 2.92 bits per heavy atom. The summed E-state index contributed by atoms with van der Waals surface area (Å²) in [5.74, 6) is 1.31. The molecule has 0 saturated heterocycles. The third-order valence-electron chi connectivity index (χ3n) is 4.50. The van der Waals surface area contributed by atoms with Gasteiger partial charge < -0.3 is 4.42 Å². The molecule has 0 N–H and O–H groups in total. The van der Waals surface area contributed by atoms with Crippen molar-refractivity contribution in [2.75, 3.05) is 0 Å². The second kappa shape index (κ2) is 6.17. The number of benzene rings is 1. The fourth-order valence-electron chi connectivity index (χ4n) is 3.37. The Hall–Kier alpha value is -2.25. The summed E-state index contributed by atoms with van der Waals surface area (Å²) in [5, 5.41) is 11.0. The van der Waals surface area contributed by atoms with Crippen LogP contribution in [0.25, 0.3) is 21.7 Å². The molecule has 1 aliphatic rings. The van der Waals surface area contributed by atoms with Crippen LogP contribution in [-0.4, -0.2) is 20.2 Å². The zero-order chi connectivity index (χ0) is 17.7. The molecule has 0 bridgehead atoms. The van der Waals surface area contributed by atoms with Gasteiger partial charge in [0, 0.05) is 15.8 Å². The van der Waals surface area contributed by atoms with Gasteiger partial charge in [0.15, 0.2) is 0 Å². The summed E-state index contributed by atoms with van der Waals surface area (Å²) >= 11 is 3.23. The van der Waals surface area contributed by atoms with Crippen molar-refractivity contribution < 1.29 is 4.42 Å². The number of thiophene rings is 1. The molecule has 0 atom stereocenters. The quantitative estimate of drug-likeness (QED) is 0.466. The molecule has 3 heterocycles. The Balaban J connectivity index is 1.54. The zero-order valence-electron chi connectivity index (χ0n) is 14.4. The molecule has 0 radical (unpaired) electrons. The van der Waals surface area contributed by atoms with Crippen molar-refractivity contribution in [1.82, 2.24) is 20.2 Å². The number of hydrogen-bond acceptors (Lipinski definition) is 7. The first-order valence-electron chi connectivity index (χ1n) is 8.54. The van der Waals surface area contributed by atoms with Gasteiger partial charge in [0.1, 0.15) is 15.7 Å². The van der Waals surface area contributed by atoms with E-state index in [1.54, 1.807) is 11.3 Å². The van der Waals surface area contributed by atoms with Gasteiger partial charge in [0.2, 0.25) is 5.89 Å². The standard InChI is InChI=1S/C19H16N4OS2/c1-10-5-3-6-12(9-10)16-22-23-19(24-16)26-18-15-13-7-4-8-14(13)25-17(15)20-11(2)21-18/h3,5-6,9H,4,7-8H2,1-2H3. The number of aryl methyl sites for hydroxylation is 4. The Bertz CT molecular complexity index is 1130. The highest BCUT2D eigenvalue weighted by Crippen LogP contribution is 2.42. The van der Waals surface area contributed by atoms with Gasteiger partial charge in [-0.25, -0.2) is 9.97 Å². The van der Waals surface area contributed by atoms with Crippen LogP contribution >= 0.6 is 23.1 Å². The topological polar surface area (TPSA) is 64.7 Å². The van der Waals surface area contributed by atoms with E-state index in [1.807, 2.05) is 38.1 Å². The van der Waals surface area contributed by atoms with E-state index in [9.17, 15) is 0 Å². The highest BCUT2D eigenvalue weighted by atomic mass is 32.2. The Morgan fingerprint density at radius 1 is 1.12 bits per heavy atom. The van der Waals surface area contributed by atoms with Crippen LogP contribution < -0.4 is 0 Å². The van der Waals surface area contributed by atoms with Crippen molar-refractivity contribution in [3.63, 3.8) is 0 Å². The molecule has 26 heavy (non-hydrogen) atoms. The number of hydrogen-bond donors (Lipinski definition) is 0. The van der Waals surface area contributed by atoms with Crippen LogP contribution in [0.5, 0.6) is 0 Å². The highest BCUT2D eigenvalue weighted by molar-refractivity contribution is 7.99. The highest BCUT2D eigenvalue weighted by Gasteiger charge is 2.23. The maximum Gasteiger partial charge on any atom is 0.283 e. The zero-order valence-corrected chi connectivity index (χ0v) is 16.1. The van der Waals surface area contributed by atoms with Crippen LogP contribution in [0.1, 0.15) is 28.2 Å². The normalized spacial score (nSPS) is 13.5. The molecular weight excluding hydrogens is 364 g/mol. The minimum atomic E-state index is 0.513. The number of fused-ring (bicyclic) bond motifs is 3. The molecule has 0 amide bonds. The maximum absolute atomic E-state index is 5.90. The van der Waals surface area contributed by atoms with E-state index in [2.05, 4.69) is 20.2 Å². The van der Waals surface area contributed by atoms with Crippen molar-refractivity contribution in [2.24, 2.45) is 0 Å². The average Bonchev–Trinajstić information content (AvgIpc) is 3.30. The lowest BCUT2D eigenvalue weighted by Crippen LogP contribution is -1.92. The SMILES string of the molecule is Cc1cccc(-c2nnc(Sc3nc(C)nc4sc5c(c34)CCC5)o2)c1. The van der Waals surface area contributed by atoms with Gasteiger partial charge in [-0.1, -0.05) is 17.7 Å². The second-order valence-corrected chi connectivity index (χ2v) is 8.48. The lowest BCUT2D eigenvalue weighted by atomic mass is 10.1. The van der Waals surface area contributed by atoms with Gasteiger partial charge in [-0.2, -0.15) is 0 Å². The first-order valence-corrected chi connectivity index (χ1v) is 10.2. The summed E-state index contributed by atoms with van der Waals surface area (Å²) < 4.78 is 5.90. The molecule has 5 nitrogen and oxygen atoms in total. The summed E-state index contributed by atoms with van der Waals surface area (Å²) in [6.45, 7) is 3.98. The molecular formula is C19H16N4OS2. The van der Waals surface area contributed by atoms with Gasteiger partial charge in [-0.05, 0) is 62.6 Å². The molecule has 1 aliphatic carbocycles. The Kier molecular flexibility index (Phi) is 3.79. The average molecular weight is 380 g/mol. The number of rotatable bonds is 3. The van der Waals surface area contributed by atoms with E-state index < -0.39 is 0 Å². The fourth-order valence-corrected chi connectivity index (χ4v) is 5.61. The molecule has 0 aliphatic heterocycles. The third-order valence-corrected chi connectivity index (χ3v) is 6.51. The molecule has 7 heteroatoms. The lowest BCUT2D eigenvalue weighted by molar-refractivity contribution is 0.465. The molecule has 5 rings (SSSR count). The Labute approximate surface area is 158 Å². The minimum Gasteiger partial charge on any atom is -0.411 e. The second-order valence-electron chi connectivity index (χ2n) is 6.46. The largest absolute Gasteiger partial charge is 0.411 e. The number of nitrogens with zero attached hydrogens (tertiary/aromatic N) is 4. The minimum absolute atomic E-state index is 0.513. The van der Waals surface area contributed by atoms with Crippen LogP contribution in [0.4, 0.5) is 0 Å². The van der Waals surface area contributed by atoms with E-state index in [0.29, 0.717) is 11.1 Å². The van der Waals surface area contributed by atoms with Gasteiger partial charge in [-0.3, -0.25) is 0 Å².